The molecular formula is C28H39N3O8. The minimum absolute atomic E-state index is 0.0476. The third kappa shape index (κ3) is 6.28. The molecule has 4 N–H and O–H groups in total. The lowest BCUT2D eigenvalue weighted by Crippen LogP contribution is -2.57. The molecule has 1 aromatic rings. The van der Waals surface area contributed by atoms with Gasteiger partial charge in [0.1, 0.15) is 12.2 Å². The van der Waals surface area contributed by atoms with Gasteiger partial charge in [-0.05, 0) is 37.6 Å². The van der Waals surface area contributed by atoms with E-state index < -0.39 is 30.1 Å². The van der Waals surface area contributed by atoms with Crippen molar-refractivity contribution in [3.63, 3.8) is 0 Å². The summed E-state index contributed by atoms with van der Waals surface area (Å²) in [7, 11) is 1.48. The predicted octanol–water partition coefficient (Wildman–Crippen LogP) is -0.0629. The van der Waals surface area contributed by atoms with Crippen molar-refractivity contribution in [3.8, 4) is 11.5 Å². The molecule has 4 rings (SSSR count). The number of benzene rings is 1. The van der Waals surface area contributed by atoms with E-state index in [2.05, 4.69) is 10.2 Å². The minimum atomic E-state index is -1.15. The Morgan fingerprint density at radius 1 is 1.23 bits per heavy atom. The molecule has 0 aromatic heterocycles. The van der Waals surface area contributed by atoms with Crippen molar-refractivity contribution in [2.75, 3.05) is 59.7 Å². The van der Waals surface area contributed by atoms with Crippen LogP contribution in [0, 0.1) is 0 Å². The summed E-state index contributed by atoms with van der Waals surface area (Å²) in [5.74, 6) is -0.586. The average Bonchev–Trinajstić information content (AvgIpc) is 3.32. The normalized spacial score (nSPS) is 24.1. The zero-order valence-corrected chi connectivity index (χ0v) is 22.8. The fourth-order valence-electron chi connectivity index (χ4n) is 5.43. The summed E-state index contributed by atoms with van der Waals surface area (Å²) in [4.78, 5) is 30.6. The van der Waals surface area contributed by atoms with Crippen molar-refractivity contribution in [2.45, 2.75) is 44.6 Å². The lowest BCUT2D eigenvalue weighted by molar-refractivity contribution is -0.132. The van der Waals surface area contributed by atoms with Crippen molar-refractivity contribution < 1.29 is 39.1 Å². The number of carbonyl (C=O) groups is 2. The van der Waals surface area contributed by atoms with Gasteiger partial charge in [0.2, 0.25) is 11.8 Å². The van der Waals surface area contributed by atoms with Crippen LogP contribution in [0.25, 0.3) is 0 Å². The van der Waals surface area contributed by atoms with Gasteiger partial charge >= 0.3 is 0 Å². The lowest BCUT2D eigenvalue weighted by Gasteiger charge is -2.41. The van der Waals surface area contributed by atoms with Gasteiger partial charge in [-0.1, -0.05) is 5.57 Å². The third-order valence-corrected chi connectivity index (χ3v) is 7.31. The first kappa shape index (κ1) is 29.0. The summed E-state index contributed by atoms with van der Waals surface area (Å²) < 4.78 is 17.2. The molecule has 0 saturated carbocycles. The zero-order valence-electron chi connectivity index (χ0n) is 22.8. The van der Waals surface area contributed by atoms with Crippen LogP contribution in [0.5, 0.6) is 11.5 Å². The quantitative estimate of drug-likeness (QED) is 0.298. The average molecular weight is 546 g/mol. The second-order valence-corrected chi connectivity index (χ2v) is 10.2. The number of aliphatic hydroxyl groups is 3. The Morgan fingerprint density at radius 3 is 2.62 bits per heavy atom. The maximum Gasteiger partial charge on any atom is 0.247 e. The fraction of sp³-hybridized carbons (Fsp3) is 0.571. The molecule has 0 bridgehead atoms. The van der Waals surface area contributed by atoms with E-state index >= 15 is 0 Å². The molecule has 2 aliphatic heterocycles. The van der Waals surface area contributed by atoms with Crippen LogP contribution >= 0.6 is 0 Å². The van der Waals surface area contributed by atoms with Crippen LogP contribution in [0.1, 0.15) is 30.9 Å². The van der Waals surface area contributed by atoms with Crippen molar-refractivity contribution >= 4 is 11.8 Å². The van der Waals surface area contributed by atoms with Crippen LogP contribution < -0.4 is 14.8 Å². The molecule has 1 aromatic carbocycles. The summed E-state index contributed by atoms with van der Waals surface area (Å²) in [5.41, 5.74) is 2.32. The molecule has 1 aliphatic carbocycles. The number of ether oxygens (including phenoxy) is 3. The Labute approximate surface area is 228 Å². The maximum atomic E-state index is 13.5. The number of morpholine rings is 1. The highest BCUT2D eigenvalue weighted by atomic mass is 16.5. The second-order valence-electron chi connectivity index (χ2n) is 10.2. The molecule has 1 fully saturated rings. The molecule has 11 heteroatoms. The van der Waals surface area contributed by atoms with Gasteiger partial charge in [-0.2, -0.15) is 0 Å². The van der Waals surface area contributed by atoms with Crippen molar-refractivity contribution in [2.24, 2.45) is 0 Å². The van der Waals surface area contributed by atoms with Crippen LogP contribution in [0.2, 0.25) is 0 Å². The number of aliphatic hydroxyl groups excluding tert-OH is 3. The first-order valence-electron chi connectivity index (χ1n) is 13.3. The van der Waals surface area contributed by atoms with Gasteiger partial charge in [0.15, 0.2) is 11.5 Å². The van der Waals surface area contributed by atoms with E-state index in [9.17, 15) is 24.9 Å². The van der Waals surface area contributed by atoms with Crippen LogP contribution in [0.3, 0.4) is 0 Å². The maximum absolute atomic E-state index is 13.5. The molecule has 0 unspecified atom stereocenters. The molecule has 2 amide bonds. The van der Waals surface area contributed by atoms with E-state index in [0.29, 0.717) is 54.5 Å². The standard InChI is InChI=1S/C28H39N3O8/c1-17(2)12-23(34)31(6-5-30-7-10-38-11-8-30)21-15-20(28(36)29-4-9-32)24-19-13-18(16-33)14-22(37-3)26(19)39-27(24)25(21)35/h12-15,21,24-25,27,32-33,35H,4-11,16H2,1-3H3,(H,29,36)/t21-,24+,25+,27+/m1/s1. The monoisotopic (exact) mass is 545 g/mol. The number of nitrogens with zero attached hydrogens (tertiary/aromatic N) is 2. The zero-order chi connectivity index (χ0) is 28.1. The number of allylic oxidation sites excluding steroid dienone is 1. The number of nitrogens with one attached hydrogen (secondary N) is 1. The Hall–Kier alpha value is -2.96. The number of carbonyl (C=O) groups excluding carboxylic acids is 2. The number of methoxy groups -OCH3 is 1. The number of fused-ring (bicyclic) bond motifs is 3. The highest BCUT2D eigenvalue weighted by molar-refractivity contribution is 5.96. The Kier molecular flexibility index (Phi) is 9.62. The largest absolute Gasteiger partial charge is 0.493 e. The molecule has 1 saturated heterocycles. The number of hydrogen-bond acceptors (Lipinski definition) is 9. The lowest BCUT2D eigenvalue weighted by atomic mass is 9.77. The summed E-state index contributed by atoms with van der Waals surface area (Å²) in [5, 5.41) is 33.5. The van der Waals surface area contributed by atoms with E-state index in [1.54, 1.807) is 23.1 Å². The number of amides is 2. The van der Waals surface area contributed by atoms with Gasteiger partial charge in [0, 0.05) is 49.9 Å². The second kappa shape index (κ2) is 12.9. The molecule has 4 atom stereocenters. The van der Waals surface area contributed by atoms with Gasteiger partial charge in [0.05, 0.1) is 45.5 Å². The molecule has 214 valence electrons. The highest BCUT2D eigenvalue weighted by Gasteiger charge is 2.51. The molecule has 11 nitrogen and oxygen atoms in total. The predicted molar refractivity (Wildman–Crippen MR) is 142 cm³/mol. The SMILES string of the molecule is COc1cc(CO)cc2c1O[C@@H]1[C@@H](O)[C@H](N(CCN3CCOCC3)C(=O)C=C(C)C)C=C(C(=O)NCCO)[C@H]21. The van der Waals surface area contributed by atoms with E-state index in [-0.39, 0.29) is 25.7 Å². The van der Waals surface area contributed by atoms with E-state index in [1.165, 1.54) is 13.2 Å². The molecule has 0 radical (unpaired) electrons. The molecule has 2 heterocycles. The number of hydrogen-bond donors (Lipinski definition) is 4. The van der Waals surface area contributed by atoms with Crippen LogP contribution in [0.15, 0.2) is 35.4 Å². The Morgan fingerprint density at radius 2 is 1.97 bits per heavy atom. The first-order chi connectivity index (χ1) is 18.8. The first-order valence-corrected chi connectivity index (χ1v) is 13.3. The molecule has 0 spiro atoms. The van der Waals surface area contributed by atoms with Gasteiger partial charge in [0.25, 0.3) is 0 Å². The van der Waals surface area contributed by atoms with Crippen LogP contribution in [-0.4, -0.2) is 115 Å². The summed E-state index contributed by atoms with van der Waals surface area (Å²) in [6, 6.07) is 2.55. The Balaban J connectivity index is 1.75. The summed E-state index contributed by atoms with van der Waals surface area (Å²) >= 11 is 0. The van der Waals surface area contributed by atoms with Crippen molar-refractivity contribution in [3.05, 3.63) is 46.6 Å². The smallest absolute Gasteiger partial charge is 0.247 e. The highest BCUT2D eigenvalue weighted by Crippen LogP contribution is 2.51. The fourth-order valence-corrected chi connectivity index (χ4v) is 5.43. The van der Waals surface area contributed by atoms with Crippen LogP contribution in [0.4, 0.5) is 0 Å². The van der Waals surface area contributed by atoms with Gasteiger partial charge in [-0.15, -0.1) is 0 Å². The molecular weight excluding hydrogens is 506 g/mol. The van der Waals surface area contributed by atoms with E-state index in [1.807, 2.05) is 13.8 Å². The van der Waals surface area contributed by atoms with Crippen molar-refractivity contribution in [1.29, 1.82) is 0 Å². The Bertz CT molecular complexity index is 1110. The van der Waals surface area contributed by atoms with E-state index in [0.717, 1.165) is 18.7 Å². The third-order valence-electron chi connectivity index (χ3n) is 7.31. The minimum Gasteiger partial charge on any atom is -0.493 e. The number of rotatable bonds is 10. The van der Waals surface area contributed by atoms with Crippen molar-refractivity contribution in [1.82, 2.24) is 15.1 Å². The summed E-state index contributed by atoms with van der Waals surface area (Å²) in [6.45, 7) is 6.88. The van der Waals surface area contributed by atoms with E-state index in [4.69, 9.17) is 14.2 Å². The van der Waals surface area contributed by atoms with Gasteiger partial charge in [-0.25, -0.2) is 0 Å². The summed E-state index contributed by atoms with van der Waals surface area (Å²) in [6.07, 6.45) is 1.14. The topological polar surface area (TPSA) is 141 Å². The molecule has 3 aliphatic rings. The van der Waals surface area contributed by atoms with Crippen LogP contribution in [-0.2, 0) is 20.9 Å². The molecule has 39 heavy (non-hydrogen) atoms. The van der Waals surface area contributed by atoms with Gasteiger partial charge < -0.3 is 39.7 Å². The van der Waals surface area contributed by atoms with Gasteiger partial charge in [-0.3, -0.25) is 14.5 Å².